The van der Waals surface area contributed by atoms with Gasteiger partial charge in [0.05, 0.1) is 17.9 Å². The monoisotopic (exact) mass is 726 g/mol. The fourth-order valence-corrected chi connectivity index (χ4v) is 7.41. The van der Waals surface area contributed by atoms with E-state index in [1.165, 1.54) is 135 Å². The van der Waals surface area contributed by atoms with E-state index in [2.05, 4.69) is 43.5 Å². The summed E-state index contributed by atoms with van der Waals surface area (Å²) in [5.41, 5.74) is 0. The second-order valence-corrected chi connectivity index (χ2v) is 16.5. The molecule has 0 aromatic carbocycles. The average Bonchev–Trinajstić information content (AvgIpc) is 3.08. The number of aliphatic hydroxyl groups excluding tert-OH is 1. The Morgan fingerprint density at radius 1 is 0.540 bits per heavy atom. The predicted octanol–water partition coefficient (Wildman–Crippen LogP) is 12.7. The van der Waals surface area contributed by atoms with Crippen molar-refractivity contribution in [1.82, 2.24) is 5.32 Å². The van der Waals surface area contributed by atoms with Crippen molar-refractivity contribution in [3.05, 3.63) is 24.3 Å². The zero-order valence-electron chi connectivity index (χ0n) is 33.0. The molecule has 1 amide bonds. The lowest BCUT2D eigenvalue weighted by Crippen LogP contribution is -2.47. The summed E-state index contributed by atoms with van der Waals surface area (Å²) in [4.78, 5) is 12.5. The maximum atomic E-state index is 12.5. The minimum atomic E-state index is -4.31. The molecule has 0 spiro atoms. The summed E-state index contributed by atoms with van der Waals surface area (Å²) in [7, 11) is -4.31. The second-order valence-electron chi connectivity index (χ2n) is 15.0. The number of amides is 1. The molecule has 0 radical (unpaired) electrons. The first-order chi connectivity index (χ1) is 24.3. The van der Waals surface area contributed by atoms with Crippen LogP contribution in [0.15, 0.2) is 24.3 Å². The fraction of sp³-hybridized carbons (Fsp3) is 0.884. The molecule has 0 bridgehead atoms. The van der Waals surface area contributed by atoms with E-state index in [-0.39, 0.29) is 5.91 Å². The van der Waals surface area contributed by atoms with Crippen LogP contribution in [0.4, 0.5) is 0 Å². The van der Waals surface area contributed by atoms with E-state index in [4.69, 9.17) is 0 Å². The van der Waals surface area contributed by atoms with Crippen LogP contribution in [-0.4, -0.2) is 41.9 Å². The minimum Gasteiger partial charge on any atom is -0.391 e. The number of unbranched alkanes of at least 4 members (excludes halogenated alkanes) is 27. The average molecular weight is 726 g/mol. The van der Waals surface area contributed by atoms with Gasteiger partial charge in [-0.15, -0.1) is 0 Å². The number of allylic oxidation sites excluding steroid dienone is 4. The number of hydrogen-bond acceptors (Lipinski definition) is 4. The van der Waals surface area contributed by atoms with Gasteiger partial charge in [-0.3, -0.25) is 9.35 Å². The summed E-state index contributed by atoms with van der Waals surface area (Å²) in [6, 6.07) is -0.976. The predicted molar refractivity (Wildman–Crippen MR) is 216 cm³/mol. The van der Waals surface area contributed by atoms with Crippen molar-refractivity contribution >= 4 is 16.0 Å². The van der Waals surface area contributed by atoms with Crippen molar-refractivity contribution in [2.24, 2.45) is 0 Å². The highest BCUT2D eigenvalue weighted by Gasteiger charge is 2.26. The third kappa shape index (κ3) is 38.1. The summed E-state index contributed by atoms with van der Waals surface area (Å²) in [5, 5.41) is 13.4. The number of carbonyl (C=O) groups excluding carboxylic acids is 1. The highest BCUT2D eigenvalue weighted by atomic mass is 32.2. The summed E-state index contributed by atoms with van der Waals surface area (Å²) in [6.07, 6.45) is 47.0. The fourth-order valence-electron chi connectivity index (χ4n) is 6.65. The quantitative estimate of drug-likeness (QED) is 0.0332. The summed E-state index contributed by atoms with van der Waals surface area (Å²) in [6.45, 7) is 4.49. The van der Waals surface area contributed by atoms with Gasteiger partial charge in [-0.25, -0.2) is 0 Å². The van der Waals surface area contributed by atoms with Crippen molar-refractivity contribution in [3.8, 4) is 0 Å². The van der Waals surface area contributed by atoms with Crippen molar-refractivity contribution in [2.45, 2.75) is 238 Å². The Kier molecular flexibility index (Phi) is 36.7. The molecule has 6 nitrogen and oxygen atoms in total. The smallest absolute Gasteiger partial charge is 0.266 e. The Hall–Kier alpha value is -1.18. The molecule has 0 saturated heterocycles. The molecule has 2 unspecified atom stereocenters. The topological polar surface area (TPSA) is 104 Å². The van der Waals surface area contributed by atoms with Gasteiger partial charge in [0, 0.05) is 6.42 Å². The zero-order valence-corrected chi connectivity index (χ0v) is 33.8. The van der Waals surface area contributed by atoms with Gasteiger partial charge in [0.1, 0.15) is 0 Å². The number of rotatable bonds is 39. The van der Waals surface area contributed by atoms with E-state index in [0.717, 1.165) is 64.2 Å². The molecule has 0 aromatic rings. The molecule has 0 saturated carbocycles. The molecule has 7 heteroatoms. The Morgan fingerprint density at radius 3 is 1.36 bits per heavy atom. The molecular weight excluding hydrogens is 643 g/mol. The first kappa shape index (κ1) is 48.8. The van der Waals surface area contributed by atoms with Crippen molar-refractivity contribution in [1.29, 1.82) is 0 Å². The number of nitrogens with one attached hydrogen (secondary N) is 1. The molecule has 0 aliphatic rings. The van der Waals surface area contributed by atoms with Crippen LogP contribution in [0, 0.1) is 0 Å². The maximum Gasteiger partial charge on any atom is 0.266 e. The molecular formula is C43H83NO5S. The van der Waals surface area contributed by atoms with E-state index >= 15 is 0 Å². The number of aliphatic hydroxyl groups is 1. The van der Waals surface area contributed by atoms with E-state index in [1.807, 2.05) is 0 Å². The van der Waals surface area contributed by atoms with E-state index in [0.29, 0.717) is 12.8 Å². The Balaban J connectivity index is 3.81. The van der Waals surface area contributed by atoms with Crippen LogP contribution in [0.1, 0.15) is 226 Å². The van der Waals surface area contributed by atoms with Gasteiger partial charge in [-0.1, -0.05) is 205 Å². The number of carbonyl (C=O) groups is 1. The minimum absolute atomic E-state index is 0.258. The molecule has 0 rings (SSSR count). The Labute approximate surface area is 311 Å². The van der Waals surface area contributed by atoms with E-state index in [9.17, 15) is 22.9 Å². The Bertz CT molecular complexity index is 888. The SMILES string of the molecule is CCCC/C=C\C/C=C\CCCCCCCC(=O)NC(CS(=O)(=O)O)C(O)CCCCCCCCCCCCCCCCCCCCCCC. The molecule has 0 aromatic heterocycles. The first-order valence-electron chi connectivity index (χ1n) is 21.5. The largest absolute Gasteiger partial charge is 0.391 e. The molecule has 0 fully saturated rings. The first-order valence-corrected chi connectivity index (χ1v) is 23.1. The van der Waals surface area contributed by atoms with Crippen LogP contribution >= 0.6 is 0 Å². The standard InChI is InChI=1S/C43H83NO5S/c1-3-5-7-9-11-13-15-17-19-20-21-22-23-24-25-26-28-30-32-34-36-38-42(45)41(40-50(47,48)49)44-43(46)39-37-35-33-31-29-27-18-16-14-12-10-8-6-4-2/h10,12,16,18,41-42,45H,3-9,11,13-15,17,19-40H2,1-2H3,(H,44,46)(H,47,48,49)/b12-10-,18-16-. The van der Waals surface area contributed by atoms with Crippen molar-refractivity contribution in [3.63, 3.8) is 0 Å². The summed E-state index contributed by atoms with van der Waals surface area (Å²) < 4.78 is 32.6. The molecule has 0 heterocycles. The van der Waals surface area contributed by atoms with Gasteiger partial charge in [-0.05, 0) is 38.5 Å². The Morgan fingerprint density at radius 2 is 0.920 bits per heavy atom. The molecule has 0 aliphatic carbocycles. The van der Waals surface area contributed by atoms with Crippen LogP contribution in [0.2, 0.25) is 0 Å². The lowest BCUT2D eigenvalue weighted by atomic mass is 10.0. The normalized spacial score (nSPS) is 13.4. The van der Waals surface area contributed by atoms with Gasteiger partial charge in [0.2, 0.25) is 5.91 Å². The van der Waals surface area contributed by atoms with Gasteiger partial charge in [0.15, 0.2) is 0 Å². The summed E-state index contributed by atoms with van der Waals surface area (Å²) in [5.74, 6) is -0.910. The van der Waals surface area contributed by atoms with Crippen molar-refractivity contribution in [2.75, 3.05) is 5.75 Å². The van der Waals surface area contributed by atoms with Crippen molar-refractivity contribution < 1.29 is 22.9 Å². The van der Waals surface area contributed by atoms with Gasteiger partial charge >= 0.3 is 0 Å². The van der Waals surface area contributed by atoms with E-state index < -0.39 is 28.0 Å². The summed E-state index contributed by atoms with van der Waals surface area (Å²) >= 11 is 0. The molecule has 2 atom stereocenters. The lowest BCUT2D eigenvalue weighted by molar-refractivity contribution is -0.122. The third-order valence-electron chi connectivity index (χ3n) is 9.91. The van der Waals surface area contributed by atoms with Gasteiger partial charge in [0.25, 0.3) is 10.1 Å². The molecule has 0 aliphatic heterocycles. The van der Waals surface area contributed by atoms with Gasteiger partial charge < -0.3 is 10.4 Å². The van der Waals surface area contributed by atoms with Crippen LogP contribution in [0.25, 0.3) is 0 Å². The maximum absolute atomic E-state index is 12.5. The van der Waals surface area contributed by atoms with Gasteiger partial charge in [-0.2, -0.15) is 8.42 Å². The zero-order chi connectivity index (χ0) is 36.8. The van der Waals surface area contributed by atoms with E-state index in [1.54, 1.807) is 0 Å². The molecule has 3 N–H and O–H groups in total. The van der Waals surface area contributed by atoms with Crippen LogP contribution < -0.4 is 5.32 Å². The molecule has 296 valence electrons. The lowest BCUT2D eigenvalue weighted by Gasteiger charge is -2.23. The highest BCUT2D eigenvalue weighted by Crippen LogP contribution is 2.16. The van der Waals surface area contributed by atoms with Crippen LogP contribution in [0.5, 0.6) is 0 Å². The number of hydrogen-bond donors (Lipinski definition) is 3. The molecule has 50 heavy (non-hydrogen) atoms. The highest BCUT2D eigenvalue weighted by molar-refractivity contribution is 7.85. The van der Waals surface area contributed by atoms with Crippen LogP contribution in [0.3, 0.4) is 0 Å². The van der Waals surface area contributed by atoms with Crippen LogP contribution in [-0.2, 0) is 14.9 Å². The third-order valence-corrected chi connectivity index (χ3v) is 10.7. The second kappa shape index (κ2) is 37.6.